The van der Waals surface area contributed by atoms with Gasteiger partial charge in [-0.3, -0.25) is 4.79 Å². The van der Waals surface area contributed by atoms with Crippen LogP contribution in [0.2, 0.25) is 13.3 Å². The number of benzene rings is 1. The van der Waals surface area contributed by atoms with Crippen molar-refractivity contribution in [2.24, 2.45) is 17.6 Å². The van der Waals surface area contributed by atoms with Crippen molar-refractivity contribution in [1.29, 1.82) is 0 Å². The van der Waals surface area contributed by atoms with Crippen molar-refractivity contribution < 1.29 is 38.5 Å². The Kier molecular flexibility index (Phi) is 20.8. The molecule has 1 heterocycles. The SMILES string of the molecule is CCC[CH2][Sn]([CH2]CCC)([CH2]CCC)[c]1ccc(CNC2=C3C[C@@H](C)C[C@H](OC)[C@H](O)[C@@H](C)/C=C(\C)[C@H](OC(N)=O)[C@@H](OC)/C=C\C=C(/C)C(=O)NC(=CC2=O)C3=O)cc1. The summed E-state index contributed by atoms with van der Waals surface area (Å²) in [6, 6.07) is 9.04. The van der Waals surface area contributed by atoms with Crippen LogP contribution < -0.4 is 19.9 Å². The van der Waals surface area contributed by atoms with E-state index in [9.17, 15) is 24.3 Å². The predicted molar refractivity (Wildman–Crippen MR) is 237 cm³/mol. The first-order valence-corrected chi connectivity index (χ1v) is 29.0. The number of unbranched alkanes of at least 4 members (excludes halogenated alkanes) is 3. The number of ketones is 2. The molecule has 0 saturated heterocycles. The molecule has 11 nitrogen and oxygen atoms in total. The molecule has 2 bridgehead atoms. The fourth-order valence-corrected chi connectivity index (χ4v) is 24.2. The maximum atomic E-state index is 14.2. The molecule has 0 saturated carbocycles. The van der Waals surface area contributed by atoms with Crippen LogP contribution in [0.1, 0.15) is 105 Å². The van der Waals surface area contributed by atoms with Crippen LogP contribution in [0.5, 0.6) is 0 Å². The second kappa shape index (κ2) is 24.7. The molecule has 12 heteroatoms. The summed E-state index contributed by atoms with van der Waals surface area (Å²) >= 11 is -2.63. The number of hydrogen-bond acceptors (Lipinski definition) is 9. The van der Waals surface area contributed by atoms with Gasteiger partial charge in [0, 0.05) is 25.7 Å². The van der Waals surface area contributed by atoms with Crippen LogP contribution in [-0.2, 0) is 35.1 Å². The van der Waals surface area contributed by atoms with E-state index in [0.29, 0.717) is 18.5 Å². The summed E-state index contributed by atoms with van der Waals surface area (Å²) in [4.78, 5) is 53.4. The number of rotatable bonds is 16. The fourth-order valence-electron chi connectivity index (χ4n) is 8.30. The molecule has 5 N–H and O–H groups in total. The number of allylic oxidation sites excluding steroid dienone is 4. The molecule has 0 fully saturated rings. The quantitative estimate of drug-likeness (QED) is 0.0742. The minimum absolute atomic E-state index is 0.108. The van der Waals surface area contributed by atoms with Gasteiger partial charge >= 0.3 is 230 Å². The van der Waals surface area contributed by atoms with E-state index in [1.165, 1.54) is 78.2 Å². The van der Waals surface area contributed by atoms with Gasteiger partial charge in [0.05, 0.1) is 6.10 Å². The summed E-state index contributed by atoms with van der Waals surface area (Å²) < 4.78 is 22.6. The van der Waals surface area contributed by atoms with Crippen molar-refractivity contribution in [2.45, 2.75) is 144 Å². The van der Waals surface area contributed by atoms with Crippen molar-refractivity contribution >= 4 is 45.5 Å². The van der Waals surface area contributed by atoms with Gasteiger partial charge in [-0.1, -0.05) is 31.2 Å². The first kappa shape index (κ1) is 49.8. The van der Waals surface area contributed by atoms with Crippen molar-refractivity contribution in [2.75, 3.05) is 14.2 Å². The average molecular weight is 925 g/mol. The van der Waals surface area contributed by atoms with Crippen molar-refractivity contribution in [3.05, 3.63) is 88.3 Å². The third-order valence-corrected chi connectivity index (χ3v) is 27.5. The van der Waals surface area contributed by atoms with Crippen LogP contribution in [0.4, 0.5) is 4.79 Å². The van der Waals surface area contributed by atoms with Crippen LogP contribution >= 0.6 is 0 Å². The van der Waals surface area contributed by atoms with Gasteiger partial charge in [0.25, 0.3) is 0 Å². The number of carbonyl (C=O) groups excluding carboxylic acids is 4. The molecule has 326 valence electrons. The average Bonchev–Trinajstić information content (AvgIpc) is 3.21. The number of amides is 2. The number of Topliss-reactive ketones (excluding diaryl/α,β-unsaturated/α-hetero) is 1. The molecule has 3 rings (SSSR count). The molecule has 59 heavy (non-hydrogen) atoms. The van der Waals surface area contributed by atoms with Crippen molar-refractivity contribution in [3.63, 3.8) is 0 Å². The van der Waals surface area contributed by atoms with Gasteiger partial charge < -0.3 is 25.1 Å². The summed E-state index contributed by atoms with van der Waals surface area (Å²) in [6.07, 6.45) is 11.4. The van der Waals surface area contributed by atoms with E-state index in [1.54, 1.807) is 35.7 Å². The minimum atomic E-state index is -2.63. The molecule has 1 aliphatic carbocycles. The van der Waals surface area contributed by atoms with Gasteiger partial charge in [-0.25, -0.2) is 4.79 Å². The first-order chi connectivity index (χ1) is 28.1. The number of fused-ring (bicyclic) bond motifs is 2. The molecule has 0 unspecified atom stereocenters. The number of aliphatic hydroxyl groups excluding tert-OH is 1. The Morgan fingerprint density at radius 2 is 1.56 bits per heavy atom. The third-order valence-electron chi connectivity index (χ3n) is 11.9. The molecule has 1 aliphatic heterocycles. The van der Waals surface area contributed by atoms with E-state index in [2.05, 4.69) is 55.7 Å². The summed E-state index contributed by atoms with van der Waals surface area (Å²) in [6.45, 7) is 14.3. The summed E-state index contributed by atoms with van der Waals surface area (Å²) in [5.41, 5.74) is 7.67. The molecular formula is C47H71N3O8Sn. The third kappa shape index (κ3) is 14.3. The second-order valence-corrected chi connectivity index (χ2v) is 29.8. The molecule has 6 atom stereocenters. The molecule has 0 spiro atoms. The Balaban J connectivity index is 2.02. The van der Waals surface area contributed by atoms with E-state index < -0.39 is 72.3 Å². The van der Waals surface area contributed by atoms with E-state index in [-0.39, 0.29) is 34.9 Å². The predicted octanol–water partition coefficient (Wildman–Crippen LogP) is 7.61. The number of ether oxygens (including phenoxy) is 3. The summed E-state index contributed by atoms with van der Waals surface area (Å²) in [5, 5.41) is 17.5. The van der Waals surface area contributed by atoms with E-state index in [1.807, 2.05) is 13.8 Å². The molecule has 0 aromatic heterocycles. The Labute approximate surface area is 357 Å². The normalized spacial score (nSPS) is 26.3. The van der Waals surface area contributed by atoms with Gasteiger partial charge in [0.2, 0.25) is 0 Å². The van der Waals surface area contributed by atoms with Crippen molar-refractivity contribution in [1.82, 2.24) is 10.6 Å². The fraction of sp³-hybridized carbons (Fsp3) is 0.574. The van der Waals surface area contributed by atoms with Crippen LogP contribution in [0.3, 0.4) is 0 Å². The second-order valence-electron chi connectivity index (χ2n) is 16.6. The van der Waals surface area contributed by atoms with E-state index >= 15 is 0 Å². The standard InChI is InChI=1S/C35H44N3O8.3C4H9.Sn/c1-20-15-25-30(37-19-24-12-8-7-9-13-24)27(39)18-26(32(25)41)38-34(42)21(2)11-10-14-28(44-5)33(46-35(36)43)23(4)17-22(3)31(40)29(16-20)45-6;3*1-3-4-2;/h8-14,17-18,20,22,28-29,31,33,37,40H,15-16,19H2,1-6H3,(H2,36,43)(H,38,42);3*1,3-4H2,2H3;/b14-10-,21-11+,23-17+;;;;/t20-,22+,28+,29+,31-,33+;;;;/m1..../s1. The number of carbonyl (C=O) groups is 4. The van der Waals surface area contributed by atoms with E-state index in [4.69, 9.17) is 19.9 Å². The van der Waals surface area contributed by atoms with Gasteiger partial charge in [0.1, 0.15) is 6.10 Å². The molecule has 0 radical (unpaired) electrons. The summed E-state index contributed by atoms with van der Waals surface area (Å²) in [7, 11) is 2.97. The zero-order valence-electron chi connectivity index (χ0n) is 37.0. The Bertz CT molecular complexity index is 1730. The van der Waals surface area contributed by atoms with Crippen molar-refractivity contribution in [3.8, 4) is 0 Å². The molecule has 2 amide bonds. The Hall–Kier alpha value is -3.52. The Morgan fingerprint density at radius 3 is 2.10 bits per heavy atom. The number of hydrogen-bond donors (Lipinski definition) is 4. The number of aliphatic hydroxyl groups is 1. The Morgan fingerprint density at radius 1 is 0.949 bits per heavy atom. The van der Waals surface area contributed by atoms with Crippen LogP contribution in [0, 0.1) is 11.8 Å². The van der Waals surface area contributed by atoms with E-state index in [0.717, 1.165) is 5.56 Å². The maximum absolute atomic E-state index is 14.2. The molecule has 1 aromatic carbocycles. The van der Waals surface area contributed by atoms with Gasteiger partial charge in [-0.2, -0.15) is 0 Å². The number of nitrogens with one attached hydrogen (secondary N) is 2. The first-order valence-electron chi connectivity index (χ1n) is 21.6. The number of nitrogens with two attached hydrogens (primary N) is 1. The number of primary amides is 1. The van der Waals surface area contributed by atoms with Gasteiger partial charge in [0.15, 0.2) is 6.10 Å². The summed E-state index contributed by atoms with van der Waals surface area (Å²) in [5.74, 6) is -2.09. The molecule has 1 aromatic rings. The molecule has 2 aliphatic rings. The number of methoxy groups -OCH3 is 2. The van der Waals surface area contributed by atoms with Gasteiger partial charge in [-0.05, 0) is 19.4 Å². The van der Waals surface area contributed by atoms with Crippen LogP contribution in [0.25, 0.3) is 0 Å². The van der Waals surface area contributed by atoms with Crippen LogP contribution in [0.15, 0.2) is 82.8 Å². The monoisotopic (exact) mass is 925 g/mol. The van der Waals surface area contributed by atoms with Gasteiger partial charge in [-0.15, -0.1) is 0 Å². The topological polar surface area (TPSA) is 166 Å². The van der Waals surface area contributed by atoms with Crippen LogP contribution in [-0.4, -0.2) is 85.7 Å². The zero-order valence-corrected chi connectivity index (χ0v) is 39.9. The molecular weight excluding hydrogens is 853 g/mol. The zero-order chi connectivity index (χ0) is 43.7.